The standard InChI is InChI=1S/C15H20F2N2O/c1-11-10-19(2)9-8-13(11)18-14(20)15(16,17)12-6-4-3-5-7-12/h3-7,11,13H,8-10H2,1-2H3,(H,18,20)/t11-,13+/m0/s1. The topological polar surface area (TPSA) is 32.3 Å². The SMILES string of the molecule is C[C@H]1CN(C)CC[C@H]1NC(=O)C(F)(F)c1ccccc1. The van der Waals surface area contributed by atoms with Gasteiger partial charge in [-0.1, -0.05) is 37.3 Å². The number of benzene rings is 1. The lowest BCUT2D eigenvalue weighted by Crippen LogP contribution is -2.52. The largest absolute Gasteiger partial charge is 0.349 e. The van der Waals surface area contributed by atoms with E-state index in [0.717, 1.165) is 13.1 Å². The van der Waals surface area contributed by atoms with E-state index in [4.69, 9.17) is 0 Å². The van der Waals surface area contributed by atoms with Crippen molar-refractivity contribution in [3.8, 4) is 0 Å². The van der Waals surface area contributed by atoms with Crippen LogP contribution in [-0.2, 0) is 10.7 Å². The van der Waals surface area contributed by atoms with Crippen LogP contribution in [0.1, 0.15) is 18.9 Å². The zero-order chi connectivity index (χ0) is 14.8. The second kappa shape index (κ2) is 5.87. The second-order valence-corrected chi connectivity index (χ2v) is 5.55. The summed E-state index contributed by atoms with van der Waals surface area (Å²) in [5.41, 5.74) is -0.266. The molecule has 1 heterocycles. The van der Waals surface area contributed by atoms with Gasteiger partial charge in [0.05, 0.1) is 0 Å². The maximum absolute atomic E-state index is 14.1. The number of amides is 1. The summed E-state index contributed by atoms with van der Waals surface area (Å²) in [7, 11) is 1.99. The molecule has 0 bridgehead atoms. The van der Waals surface area contributed by atoms with Crippen LogP contribution in [0.4, 0.5) is 8.78 Å². The molecule has 1 aliphatic heterocycles. The molecule has 2 atom stereocenters. The lowest BCUT2D eigenvalue weighted by Gasteiger charge is -2.35. The highest BCUT2D eigenvalue weighted by atomic mass is 19.3. The van der Waals surface area contributed by atoms with Crippen molar-refractivity contribution < 1.29 is 13.6 Å². The van der Waals surface area contributed by atoms with Gasteiger partial charge in [0.15, 0.2) is 0 Å². The predicted molar refractivity (Wildman–Crippen MR) is 73.5 cm³/mol. The summed E-state index contributed by atoms with van der Waals surface area (Å²) < 4.78 is 28.2. The zero-order valence-corrected chi connectivity index (χ0v) is 11.8. The number of nitrogens with zero attached hydrogens (tertiary/aromatic N) is 1. The quantitative estimate of drug-likeness (QED) is 0.922. The number of hydrogen-bond acceptors (Lipinski definition) is 2. The van der Waals surface area contributed by atoms with E-state index in [1.165, 1.54) is 24.3 Å². The van der Waals surface area contributed by atoms with Gasteiger partial charge in [0, 0.05) is 18.2 Å². The van der Waals surface area contributed by atoms with Crippen molar-refractivity contribution in [1.82, 2.24) is 10.2 Å². The molecule has 3 nitrogen and oxygen atoms in total. The third kappa shape index (κ3) is 3.15. The minimum Gasteiger partial charge on any atom is -0.347 e. The minimum atomic E-state index is -3.48. The van der Waals surface area contributed by atoms with E-state index in [1.807, 2.05) is 14.0 Å². The predicted octanol–water partition coefficient (Wildman–Crippen LogP) is 2.23. The number of likely N-dealkylation sites (tertiary alicyclic amines) is 1. The summed E-state index contributed by atoms with van der Waals surface area (Å²) in [4.78, 5) is 14.0. The normalized spacial score (nSPS) is 24.4. The van der Waals surface area contributed by atoms with Crippen LogP contribution in [0, 0.1) is 5.92 Å². The van der Waals surface area contributed by atoms with Gasteiger partial charge >= 0.3 is 5.92 Å². The summed E-state index contributed by atoms with van der Waals surface area (Å²) in [5.74, 6) is -4.51. The molecule has 20 heavy (non-hydrogen) atoms. The molecule has 1 aromatic carbocycles. The molecule has 0 radical (unpaired) electrons. The molecular weight excluding hydrogens is 262 g/mol. The molecule has 5 heteroatoms. The first-order chi connectivity index (χ1) is 9.41. The first-order valence-corrected chi connectivity index (χ1v) is 6.84. The molecule has 0 aromatic heterocycles. The van der Waals surface area contributed by atoms with Gasteiger partial charge in [-0.25, -0.2) is 0 Å². The van der Waals surface area contributed by atoms with Crippen LogP contribution in [0.5, 0.6) is 0 Å². The molecule has 0 spiro atoms. The molecule has 0 unspecified atom stereocenters. The van der Waals surface area contributed by atoms with E-state index in [9.17, 15) is 13.6 Å². The summed E-state index contributed by atoms with van der Waals surface area (Å²) in [6, 6.07) is 7.03. The number of nitrogens with one attached hydrogen (secondary N) is 1. The van der Waals surface area contributed by atoms with Crippen molar-refractivity contribution in [2.24, 2.45) is 5.92 Å². The number of piperidine rings is 1. The first-order valence-electron chi connectivity index (χ1n) is 6.84. The van der Waals surface area contributed by atoms with Gasteiger partial charge in [0.2, 0.25) is 0 Å². The van der Waals surface area contributed by atoms with Gasteiger partial charge in [-0.2, -0.15) is 8.78 Å². The molecule has 1 aliphatic rings. The van der Waals surface area contributed by atoms with Crippen molar-refractivity contribution in [2.45, 2.75) is 25.3 Å². The molecule has 1 fully saturated rings. The van der Waals surface area contributed by atoms with Gasteiger partial charge in [-0.15, -0.1) is 0 Å². The third-order valence-electron chi connectivity index (χ3n) is 3.85. The van der Waals surface area contributed by atoms with Crippen molar-refractivity contribution >= 4 is 5.91 Å². The van der Waals surface area contributed by atoms with Crippen LogP contribution in [0.3, 0.4) is 0 Å². The molecule has 1 saturated heterocycles. The smallest absolute Gasteiger partial charge is 0.347 e. The summed E-state index contributed by atoms with van der Waals surface area (Å²) >= 11 is 0. The Bertz CT molecular complexity index is 464. The molecule has 2 rings (SSSR count). The van der Waals surface area contributed by atoms with Crippen molar-refractivity contribution in [2.75, 3.05) is 20.1 Å². The molecule has 110 valence electrons. The maximum Gasteiger partial charge on any atom is 0.349 e. The van der Waals surface area contributed by atoms with E-state index in [-0.39, 0.29) is 17.5 Å². The van der Waals surface area contributed by atoms with Gasteiger partial charge in [-0.3, -0.25) is 4.79 Å². The average molecular weight is 282 g/mol. The van der Waals surface area contributed by atoms with Gasteiger partial charge in [0.1, 0.15) is 0 Å². The molecule has 1 aromatic rings. The fourth-order valence-electron chi connectivity index (χ4n) is 2.61. The highest BCUT2D eigenvalue weighted by molar-refractivity contribution is 5.85. The van der Waals surface area contributed by atoms with E-state index in [1.54, 1.807) is 6.07 Å². The van der Waals surface area contributed by atoms with Crippen LogP contribution in [0.15, 0.2) is 30.3 Å². The minimum absolute atomic E-state index is 0.171. The van der Waals surface area contributed by atoms with Crippen LogP contribution in [-0.4, -0.2) is 37.0 Å². The zero-order valence-electron chi connectivity index (χ0n) is 11.8. The van der Waals surface area contributed by atoms with Crippen molar-refractivity contribution in [3.05, 3.63) is 35.9 Å². The van der Waals surface area contributed by atoms with Gasteiger partial charge in [0.25, 0.3) is 5.91 Å². The highest BCUT2D eigenvalue weighted by Crippen LogP contribution is 2.28. The molecule has 0 saturated carbocycles. The lowest BCUT2D eigenvalue weighted by atomic mass is 9.93. The second-order valence-electron chi connectivity index (χ2n) is 5.55. The van der Waals surface area contributed by atoms with Crippen LogP contribution < -0.4 is 5.32 Å². The fraction of sp³-hybridized carbons (Fsp3) is 0.533. The van der Waals surface area contributed by atoms with Crippen molar-refractivity contribution in [3.63, 3.8) is 0 Å². The Morgan fingerprint density at radius 1 is 1.35 bits per heavy atom. The van der Waals surface area contributed by atoms with Gasteiger partial charge < -0.3 is 10.2 Å². The van der Waals surface area contributed by atoms with Crippen LogP contribution >= 0.6 is 0 Å². The molecule has 1 N–H and O–H groups in total. The van der Waals surface area contributed by atoms with E-state index in [0.29, 0.717) is 6.42 Å². The van der Waals surface area contributed by atoms with Crippen LogP contribution in [0.25, 0.3) is 0 Å². The average Bonchev–Trinajstić information content (AvgIpc) is 2.42. The van der Waals surface area contributed by atoms with E-state index in [2.05, 4.69) is 10.2 Å². The Morgan fingerprint density at radius 2 is 2.00 bits per heavy atom. The monoisotopic (exact) mass is 282 g/mol. The van der Waals surface area contributed by atoms with Crippen LogP contribution in [0.2, 0.25) is 0 Å². The fourth-order valence-corrected chi connectivity index (χ4v) is 2.61. The Balaban J connectivity index is 2.04. The first kappa shape index (κ1) is 14.9. The summed E-state index contributed by atoms with van der Waals surface area (Å²) in [6.07, 6.45) is 0.703. The number of alkyl halides is 2. The third-order valence-corrected chi connectivity index (χ3v) is 3.85. The lowest BCUT2D eigenvalue weighted by molar-refractivity contribution is -0.148. The number of carbonyl (C=O) groups excluding carboxylic acids is 1. The Morgan fingerprint density at radius 3 is 2.60 bits per heavy atom. The molecular formula is C15H20F2N2O. The summed E-state index contributed by atoms with van der Waals surface area (Å²) in [6.45, 7) is 3.59. The highest BCUT2D eigenvalue weighted by Gasteiger charge is 2.42. The molecule has 0 aliphatic carbocycles. The number of rotatable bonds is 3. The van der Waals surface area contributed by atoms with E-state index < -0.39 is 11.8 Å². The molecule has 1 amide bonds. The Hall–Kier alpha value is -1.49. The Labute approximate surface area is 118 Å². The number of hydrogen-bond donors (Lipinski definition) is 1. The van der Waals surface area contributed by atoms with Crippen molar-refractivity contribution in [1.29, 1.82) is 0 Å². The Kier molecular flexibility index (Phi) is 4.38. The van der Waals surface area contributed by atoms with Gasteiger partial charge in [-0.05, 0) is 25.9 Å². The van der Waals surface area contributed by atoms with E-state index >= 15 is 0 Å². The number of carbonyl (C=O) groups is 1. The maximum atomic E-state index is 14.1. The summed E-state index contributed by atoms with van der Waals surface area (Å²) in [5, 5.41) is 2.51. The number of halogens is 2.